The van der Waals surface area contributed by atoms with Gasteiger partial charge in [-0.3, -0.25) is 13.9 Å². The van der Waals surface area contributed by atoms with Gasteiger partial charge >= 0.3 is 0 Å². The number of carbonyl (C=O) groups excluding carboxylic acids is 2. The largest absolute Gasteiger partial charge is 0.301 e. The topological polar surface area (TPSA) is 109 Å². The molecule has 0 aromatic heterocycles. The Bertz CT molecular complexity index is 977. The Hall–Kier alpha value is -2.00. The lowest BCUT2D eigenvalue weighted by Gasteiger charge is -2.36. The summed E-state index contributed by atoms with van der Waals surface area (Å²) in [5.74, 6) is -1.61. The number of benzene rings is 2. The average Bonchev–Trinajstić information content (AvgIpc) is 2.68. The molecule has 0 aliphatic carbocycles. The van der Waals surface area contributed by atoms with Crippen molar-refractivity contribution < 1.29 is 27.1 Å². The second-order valence-corrected chi connectivity index (χ2v) is 11.8. The molecular formula is C22H28O6S2. The molecule has 0 fully saturated rings. The van der Waals surface area contributed by atoms with Gasteiger partial charge < -0.3 is 4.79 Å². The van der Waals surface area contributed by atoms with Gasteiger partial charge in [0.05, 0.1) is 9.79 Å². The summed E-state index contributed by atoms with van der Waals surface area (Å²) in [4.78, 5) is 24.1. The Morgan fingerprint density at radius 1 is 0.933 bits per heavy atom. The van der Waals surface area contributed by atoms with Crippen LogP contribution in [0, 0.1) is 5.92 Å². The first-order chi connectivity index (χ1) is 14.0. The number of Topliss-reactive ketones (excluding diaryl/α,β-unsaturated/α-hetero) is 1. The second kappa shape index (κ2) is 9.87. The van der Waals surface area contributed by atoms with Gasteiger partial charge in [0.25, 0.3) is 0 Å². The molecule has 0 radical (unpaired) electrons. The molecule has 0 aliphatic rings. The quantitative estimate of drug-likeness (QED) is 0.414. The Labute approximate surface area is 179 Å². The molecule has 0 amide bonds. The maximum atomic E-state index is 12.7. The van der Waals surface area contributed by atoms with Gasteiger partial charge in [-0.05, 0) is 54.2 Å². The van der Waals surface area contributed by atoms with Crippen molar-refractivity contribution in [3.63, 3.8) is 0 Å². The van der Waals surface area contributed by atoms with Gasteiger partial charge in [0, 0.05) is 0 Å². The predicted molar refractivity (Wildman–Crippen MR) is 119 cm³/mol. The average molecular weight is 453 g/mol. The Morgan fingerprint density at radius 3 is 1.90 bits per heavy atom. The van der Waals surface area contributed by atoms with E-state index in [1.165, 1.54) is 24.3 Å². The summed E-state index contributed by atoms with van der Waals surface area (Å²) in [6, 6.07) is 12.5. The van der Waals surface area contributed by atoms with E-state index >= 15 is 0 Å². The number of sulfone groups is 1. The molecule has 1 unspecified atom stereocenters. The number of ketones is 1. The van der Waals surface area contributed by atoms with Crippen LogP contribution < -0.4 is 0 Å². The summed E-state index contributed by atoms with van der Waals surface area (Å²) < 4.78 is 46.4. The van der Waals surface area contributed by atoms with Crippen molar-refractivity contribution >= 4 is 32.5 Å². The minimum absolute atomic E-state index is 0.0283. The number of hydrogen-bond donors (Lipinski definition) is 2. The summed E-state index contributed by atoms with van der Waals surface area (Å²) in [6.45, 7) is 6.04. The van der Waals surface area contributed by atoms with Crippen LogP contribution in [-0.2, 0) is 32.3 Å². The first-order valence-electron chi connectivity index (χ1n) is 9.67. The van der Waals surface area contributed by atoms with Crippen molar-refractivity contribution in [1.29, 1.82) is 0 Å². The van der Waals surface area contributed by atoms with Crippen LogP contribution in [0.25, 0.3) is 0 Å². The van der Waals surface area contributed by atoms with Crippen LogP contribution in [0.5, 0.6) is 0 Å². The fourth-order valence-corrected chi connectivity index (χ4v) is 5.88. The highest BCUT2D eigenvalue weighted by Crippen LogP contribution is 2.52. The van der Waals surface area contributed by atoms with Crippen molar-refractivity contribution in [1.82, 2.24) is 0 Å². The number of carbonyl (C=O) groups is 2. The van der Waals surface area contributed by atoms with Crippen LogP contribution in [0.4, 0.5) is 0 Å². The van der Waals surface area contributed by atoms with Crippen molar-refractivity contribution in [3.8, 4) is 0 Å². The van der Waals surface area contributed by atoms with Gasteiger partial charge in [0.1, 0.15) is 12.0 Å². The third-order valence-electron chi connectivity index (χ3n) is 4.73. The molecule has 2 aromatic carbocycles. The van der Waals surface area contributed by atoms with E-state index < -0.39 is 37.2 Å². The van der Waals surface area contributed by atoms with Gasteiger partial charge in [-0.15, -0.1) is 0 Å². The van der Waals surface area contributed by atoms with Crippen molar-refractivity contribution in [2.45, 2.75) is 48.7 Å². The summed E-state index contributed by atoms with van der Waals surface area (Å²) in [5, 5.41) is -1.85. The minimum Gasteiger partial charge on any atom is -0.301 e. The molecule has 2 aromatic rings. The highest BCUT2D eigenvalue weighted by atomic mass is 32.3. The Kier molecular flexibility index (Phi) is 7.99. The first kappa shape index (κ1) is 24.3. The summed E-state index contributed by atoms with van der Waals surface area (Å²) in [6.07, 6.45) is 1.65. The van der Waals surface area contributed by atoms with Gasteiger partial charge in [-0.1, -0.05) is 45.0 Å². The normalized spacial score (nSPS) is 13.8. The molecule has 2 N–H and O–H groups in total. The van der Waals surface area contributed by atoms with E-state index in [4.69, 9.17) is 0 Å². The molecule has 8 heteroatoms. The monoisotopic (exact) mass is 452 g/mol. The van der Waals surface area contributed by atoms with Crippen LogP contribution in [0.1, 0.15) is 31.9 Å². The van der Waals surface area contributed by atoms with Gasteiger partial charge in [-0.2, -0.15) is 10.6 Å². The lowest BCUT2D eigenvalue weighted by Crippen LogP contribution is -2.34. The van der Waals surface area contributed by atoms with E-state index in [0.29, 0.717) is 5.92 Å². The molecule has 0 saturated carbocycles. The van der Waals surface area contributed by atoms with Crippen LogP contribution >= 0.6 is 10.6 Å². The molecule has 0 heterocycles. The summed E-state index contributed by atoms with van der Waals surface area (Å²) in [5.41, 5.74) is 1.93. The van der Waals surface area contributed by atoms with Crippen LogP contribution in [0.2, 0.25) is 0 Å². The zero-order chi connectivity index (χ0) is 22.5. The number of aryl methyl sites for hydroxylation is 1. The maximum absolute atomic E-state index is 12.7. The zero-order valence-electron chi connectivity index (χ0n) is 17.3. The van der Waals surface area contributed by atoms with E-state index in [-0.39, 0.29) is 16.1 Å². The highest BCUT2D eigenvalue weighted by molar-refractivity contribution is 8.26. The van der Waals surface area contributed by atoms with Crippen LogP contribution in [-0.4, -0.2) is 40.6 Å². The molecule has 2 rings (SSSR count). The van der Waals surface area contributed by atoms with Gasteiger partial charge in [0.15, 0.2) is 20.9 Å². The number of aldehydes is 1. The lowest BCUT2D eigenvalue weighted by atomic mass is 10.0. The van der Waals surface area contributed by atoms with Gasteiger partial charge in [0.2, 0.25) is 0 Å². The van der Waals surface area contributed by atoms with Crippen molar-refractivity contribution in [3.05, 3.63) is 59.7 Å². The van der Waals surface area contributed by atoms with Gasteiger partial charge in [-0.25, -0.2) is 8.42 Å². The molecule has 0 spiro atoms. The zero-order valence-corrected chi connectivity index (χ0v) is 18.9. The standard InChI is InChI=1S/C22H28O6S2/c1-4-17-5-11-20(12-6-17)30(27,28)22(14-23)21(24)15-29(25,26)19-9-7-18(8-10-19)13-16(2)3/h5-12,14,16,22,27-28H,4,13,15H2,1-3H3. The van der Waals surface area contributed by atoms with E-state index in [9.17, 15) is 27.1 Å². The molecule has 30 heavy (non-hydrogen) atoms. The van der Waals surface area contributed by atoms with Crippen LogP contribution in [0.3, 0.4) is 0 Å². The summed E-state index contributed by atoms with van der Waals surface area (Å²) in [7, 11) is -7.86. The third-order valence-corrected chi connectivity index (χ3v) is 8.44. The van der Waals surface area contributed by atoms with Crippen LogP contribution in [0.15, 0.2) is 58.3 Å². The fourth-order valence-electron chi connectivity index (χ4n) is 3.07. The van der Waals surface area contributed by atoms with E-state index in [0.717, 1.165) is 24.0 Å². The maximum Gasteiger partial charge on any atom is 0.185 e. The Balaban J connectivity index is 2.22. The van der Waals surface area contributed by atoms with Crippen molar-refractivity contribution in [2.24, 2.45) is 5.92 Å². The number of rotatable bonds is 10. The molecule has 1 atom stereocenters. The summed E-state index contributed by atoms with van der Waals surface area (Å²) >= 11 is 0. The van der Waals surface area contributed by atoms with E-state index in [1.54, 1.807) is 24.3 Å². The smallest absolute Gasteiger partial charge is 0.185 e. The third kappa shape index (κ3) is 5.78. The molecule has 6 nitrogen and oxygen atoms in total. The predicted octanol–water partition coefficient (Wildman–Crippen LogP) is 4.17. The van der Waals surface area contributed by atoms with Crippen molar-refractivity contribution in [2.75, 3.05) is 5.75 Å². The molecule has 164 valence electrons. The Morgan fingerprint density at radius 2 is 1.43 bits per heavy atom. The molecule has 0 saturated heterocycles. The molecule has 0 bridgehead atoms. The van der Waals surface area contributed by atoms with E-state index in [2.05, 4.69) is 13.8 Å². The first-order valence-corrected chi connectivity index (χ1v) is 12.9. The minimum atomic E-state index is -4.03. The fraction of sp³-hybridized carbons (Fsp3) is 0.364. The SMILES string of the molecule is CCc1ccc(S(O)(O)C(C=O)C(=O)CS(=O)(=O)c2ccc(CC(C)C)cc2)cc1. The molecule has 0 aliphatic heterocycles. The number of hydrogen-bond acceptors (Lipinski definition) is 6. The highest BCUT2D eigenvalue weighted by Gasteiger charge is 2.36. The molecular weight excluding hydrogens is 424 g/mol. The lowest BCUT2D eigenvalue weighted by molar-refractivity contribution is -0.120. The van der Waals surface area contributed by atoms with E-state index in [1.807, 2.05) is 6.92 Å². The second-order valence-electron chi connectivity index (χ2n) is 7.61.